The quantitative estimate of drug-likeness (QED) is 0.428. The highest BCUT2D eigenvalue weighted by molar-refractivity contribution is 7.13. The minimum Gasteiger partial charge on any atom is -0.365 e. The summed E-state index contributed by atoms with van der Waals surface area (Å²) in [5.74, 6) is 0.378. The van der Waals surface area contributed by atoms with E-state index < -0.39 is 0 Å². The fraction of sp³-hybridized carbons (Fsp3) is 0.444. The van der Waals surface area contributed by atoms with E-state index in [9.17, 15) is 4.79 Å². The Morgan fingerprint density at radius 1 is 1.17 bits per heavy atom. The predicted molar refractivity (Wildman–Crippen MR) is 142 cm³/mol. The van der Waals surface area contributed by atoms with Crippen molar-refractivity contribution >= 4 is 28.8 Å². The van der Waals surface area contributed by atoms with Crippen LogP contribution >= 0.6 is 11.3 Å². The van der Waals surface area contributed by atoms with Crippen molar-refractivity contribution in [3.8, 4) is 0 Å². The number of carbonyl (C=O) groups is 1. The maximum absolute atomic E-state index is 10.6. The molecule has 0 atom stereocenters. The van der Waals surface area contributed by atoms with Crippen LogP contribution < -0.4 is 5.32 Å². The van der Waals surface area contributed by atoms with Crippen molar-refractivity contribution in [1.82, 2.24) is 14.5 Å². The Kier molecular flexibility index (Phi) is 10.7. The standard InChI is InChI=1S/C14H20N2O2S.C11H10N2O.C2H6/c1-15-13-16-12(10-19-13)3-2-11-4-6-14(7-5-11)17-8-9-18-14;14-9-11-2-1-7-13(11)8-10-3-5-12-6-4-10;1-2/h2-3,10-11H,4-9H2,1H3,(H,15,16);1-7,9H,8H2;1-2H3/b3-2+;;. The molecular formula is C27H36N4O3S. The normalized spacial score (nSPS) is 16.9. The fourth-order valence-electron chi connectivity index (χ4n) is 4.13. The number of anilines is 1. The van der Waals surface area contributed by atoms with Gasteiger partial charge in [-0.15, -0.1) is 11.3 Å². The van der Waals surface area contributed by atoms with Gasteiger partial charge in [-0.05, 0) is 54.7 Å². The second-order valence-electron chi connectivity index (χ2n) is 8.17. The van der Waals surface area contributed by atoms with Crippen LogP contribution in [0.5, 0.6) is 0 Å². The SMILES string of the molecule is CC.CNc1nc(/C=C/C2CCC3(CC2)OCCO3)cs1.O=Cc1cccn1Cc1ccncc1. The average molecular weight is 497 g/mol. The number of hydrogen-bond acceptors (Lipinski definition) is 7. The van der Waals surface area contributed by atoms with Crippen LogP contribution in [0.1, 0.15) is 61.3 Å². The van der Waals surface area contributed by atoms with E-state index in [1.54, 1.807) is 29.8 Å². The van der Waals surface area contributed by atoms with Crippen molar-refractivity contribution in [2.45, 2.75) is 51.9 Å². The van der Waals surface area contributed by atoms with Crippen LogP contribution in [0.2, 0.25) is 0 Å². The lowest BCUT2D eigenvalue weighted by atomic mass is 9.85. The van der Waals surface area contributed by atoms with E-state index in [1.165, 1.54) is 0 Å². The Morgan fingerprint density at radius 2 is 1.89 bits per heavy atom. The molecule has 188 valence electrons. The summed E-state index contributed by atoms with van der Waals surface area (Å²) in [5, 5.41) is 6.11. The zero-order chi connectivity index (χ0) is 24.9. The lowest BCUT2D eigenvalue weighted by molar-refractivity contribution is -0.180. The number of ether oxygens (including phenoxy) is 2. The molecule has 0 aromatic carbocycles. The van der Waals surface area contributed by atoms with Gasteiger partial charge in [0.15, 0.2) is 17.2 Å². The Labute approximate surface area is 212 Å². The first-order chi connectivity index (χ1) is 17.2. The third-order valence-corrected chi connectivity index (χ3v) is 6.85. The number of aldehydes is 1. The molecule has 8 heteroatoms. The van der Waals surface area contributed by atoms with E-state index >= 15 is 0 Å². The van der Waals surface area contributed by atoms with Crippen molar-refractivity contribution in [2.24, 2.45) is 5.92 Å². The van der Waals surface area contributed by atoms with Gasteiger partial charge < -0.3 is 19.4 Å². The topological polar surface area (TPSA) is 78.3 Å². The number of pyridine rings is 1. The van der Waals surface area contributed by atoms with Gasteiger partial charge >= 0.3 is 0 Å². The maximum Gasteiger partial charge on any atom is 0.182 e. The Hall–Kier alpha value is -2.81. The molecule has 4 heterocycles. The van der Waals surface area contributed by atoms with Gasteiger partial charge in [0.1, 0.15) is 0 Å². The van der Waals surface area contributed by atoms with Gasteiger partial charge in [-0.1, -0.05) is 19.9 Å². The zero-order valence-corrected chi connectivity index (χ0v) is 21.7. The molecule has 0 unspecified atom stereocenters. The van der Waals surface area contributed by atoms with Crippen LogP contribution in [-0.4, -0.2) is 46.9 Å². The van der Waals surface area contributed by atoms with Crippen LogP contribution in [0.3, 0.4) is 0 Å². The van der Waals surface area contributed by atoms with Gasteiger partial charge in [-0.3, -0.25) is 9.78 Å². The van der Waals surface area contributed by atoms with E-state index in [1.807, 2.05) is 49.9 Å². The Balaban J connectivity index is 0.000000190. The second-order valence-corrected chi connectivity index (χ2v) is 9.02. The van der Waals surface area contributed by atoms with E-state index in [0.29, 0.717) is 18.2 Å². The number of nitrogens with zero attached hydrogens (tertiary/aromatic N) is 3. The van der Waals surface area contributed by atoms with E-state index in [0.717, 1.165) is 61.6 Å². The summed E-state index contributed by atoms with van der Waals surface area (Å²) in [5.41, 5.74) is 2.88. The number of allylic oxidation sites excluding steroid dienone is 1. The molecule has 7 nitrogen and oxygen atoms in total. The summed E-state index contributed by atoms with van der Waals surface area (Å²) in [7, 11) is 1.90. The van der Waals surface area contributed by atoms with Crippen molar-refractivity contribution in [3.05, 3.63) is 71.3 Å². The van der Waals surface area contributed by atoms with Crippen molar-refractivity contribution in [2.75, 3.05) is 25.6 Å². The molecule has 1 aliphatic carbocycles. The molecule has 3 aromatic rings. The van der Waals surface area contributed by atoms with Gasteiger partial charge in [0.25, 0.3) is 0 Å². The van der Waals surface area contributed by atoms with E-state index in [2.05, 4.69) is 32.8 Å². The number of rotatable bonds is 6. The molecule has 0 radical (unpaired) electrons. The Morgan fingerprint density at radius 3 is 2.51 bits per heavy atom. The van der Waals surface area contributed by atoms with Crippen molar-refractivity contribution in [1.29, 1.82) is 0 Å². The summed E-state index contributed by atoms with van der Waals surface area (Å²) in [6.45, 7) is 6.22. The summed E-state index contributed by atoms with van der Waals surface area (Å²) in [4.78, 5) is 19.0. The molecule has 1 spiro atoms. The monoisotopic (exact) mass is 496 g/mol. The van der Waals surface area contributed by atoms with Crippen LogP contribution in [0.25, 0.3) is 6.08 Å². The highest BCUT2D eigenvalue weighted by atomic mass is 32.1. The first kappa shape index (κ1) is 26.8. The van der Waals surface area contributed by atoms with Crippen LogP contribution in [-0.2, 0) is 16.0 Å². The maximum atomic E-state index is 10.6. The molecule has 1 aliphatic heterocycles. The summed E-state index contributed by atoms with van der Waals surface area (Å²) in [6.07, 6.45) is 15.0. The molecule has 2 aliphatic rings. The third-order valence-electron chi connectivity index (χ3n) is 5.97. The Bertz CT molecular complexity index is 1030. The second kappa shape index (κ2) is 13.9. The predicted octanol–water partition coefficient (Wildman–Crippen LogP) is 5.90. The minimum atomic E-state index is -0.246. The average Bonchev–Trinajstić information content (AvgIpc) is 3.68. The summed E-state index contributed by atoms with van der Waals surface area (Å²) < 4.78 is 13.4. The fourth-order valence-corrected chi connectivity index (χ4v) is 4.77. The first-order valence-corrected chi connectivity index (χ1v) is 13.2. The highest BCUT2D eigenvalue weighted by Crippen LogP contribution is 2.38. The smallest absolute Gasteiger partial charge is 0.182 e. The molecule has 1 saturated carbocycles. The summed E-state index contributed by atoms with van der Waals surface area (Å²) >= 11 is 1.64. The number of thiazole rings is 1. The summed E-state index contributed by atoms with van der Waals surface area (Å²) in [6, 6.07) is 7.54. The molecule has 5 rings (SSSR count). The minimum absolute atomic E-state index is 0.246. The molecule has 0 amide bonds. The van der Waals surface area contributed by atoms with Gasteiger partial charge in [0.05, 0.1) is 24.6 Å². The zero-order valence-electron chi connectivity index (χ0n) is 20.9. The molecule has 0 bridgehead atoms. The van der Waals surface area contributed by atoms with Crippen LogP contribution in [0.15, 0.2) is 54.3 Å². The number of hydrogen-bond donors (Lipinski definition) is 1. The lowest BCUT2D eigenvalue weighted by Crippen LogP contribution is -2.34. The van der Waals surface area contributed by atoms with Crippen molar-refractivity contribution < 1.29 is 14.3 Å². The number of aromatic nitrogens is 3. The molecule has 3 aromatic heterocycles. The highest BCUT2D eigenvalue weighted by Gasteiger charge is 2.39. The van der Waals surface area contributed by atoms with Crippen LogP contribution in [0.4, 0.5) is 5.13 Å². The van der Waals surface area contributed by atoms with Gasteiger partial charge in [-0.2, -0.15) is 0 Å². The van der Waals surface area contributed by atoms with Crippen LogP contribution in [0, 0.1) is 5.92 Å². The van der Waals surface area contributed by atoms with E-state index in [-0.39, 0.29) is 5.79 Å². The van der Waals surface area contributed by atoms with E-state index in [4.69, 9.17) is 9.47 Å². The first-order valence-electron chi connectivity index (χ1n) is 12.3. The third kappa shape index (κ3) is 7.85. The van der Waals surface area contributed by atoms with Crippen molar-refractivity contribution in [3.63, 3.8) is 0 Å². The largest absolute Gasteiger partial charge is 0.365 e. The number of carbonyl (C=O) groups excluding carboxylic acids is 1. The molecule has 35 heavy (non-hydrogen) atoms. The van der Waals surface area contributed by atoms with Gasteiger partial charge in [0.2, 0.25) is 0 Å². The number of nitrogens with one attached hydrogen (secondary N) is 1. The molecule has 1 N–H and O–H groups in total. The lowest BCUT2D eigenvalue weighted by Gasteiger charge is -2.34. The molecule has 1 saturated heterocycles. The van der Waals surface area contributed by atoms with Gasteiger partial charge in [0, 0.05) is 50.4 Å². The van der Waals surface area contributed by atoms with Gasteiger partial charge in [-0.25, -0.2) is 4.98 Å². The molecule has 2 fully saturated rings. The molecular weight excluding hydrogens is 460 g/mol.